The van der Waals surface area contributed by atoms with Crippen molar-refractivity contribution in [3.63, 3.8) is 0 Å². The Kier molecular flexibility index (Phi) is 3.61. The summed E-state index contributed by atoms with van der Waals surface area (Å²) >= 11 is 0. The van der Waals surface area contributed by atoms with Crippen molar-refractivity contribution in [2.24, 2.45) is 0 Å². The topological polar surface area (TPSA) is 23.5 Å². The van der Waals surface area contributed by atoms with Crippen LogP contribution in [0.2, 0.25) is 0 Å². The van der Waals surface area contributed by atoms with Crippen LogP contribution in [-0.4, -0.2) is 23.0 Å². The molecule has 0 spiro atoms. The van der Waals surface area contributed by atoms with Gasteiger partial charge in [0.05, 0.1) is 0 Å². The third-order valence-electron chi connectivity index (χ3n) is 4.34. The highest BCUT2D eigenvalue weighted by molar-refractivity contribution is 6.74. The molecule has 0 aliphatic carbocycles. The predicted molar refractivity (Wildman–Crippen MR) is 80.8 cm³/mol. The van der Waals surface area contributed by atoms with Crippen LogP contribution in [0.25, 0.3) is 0 Å². The van der Waals surface area contributed by atoms with E-state index in [-0.39, 0.29) is 16.5 Å². The Morgan fingerprint density at radius 3 is 2.05 bits per heavy atom. The van der Waals surface area contributed by atoms with Crippen molar-refractivity contribution in [1.82, 2.24) is 0 Å². The van der Waals surface area contributed by atoms with Gasteiger partial charge in [0.15, 0.2) is 0 Å². The van der Waals surface area contributed by atoms with Crippen molar-refractivity contribution in [2.45, 2.75) is 58.0 Å². The van der Waals surface area contributed by atoms with Gasteiger partial charge in [-0.05, 0) is 53.0 Å². The summed E-state index contributed by atoms with van der Waals surface area (Å²) < 4.78 is 27.1. The second-order valence-corrected chi connectivity index (χ2v) is 7.00. The molecule has 1 aliphatic rings. The van der Waals surface area contributed by atoms with E-state index in [1.807, 2.05) is 0 Å². The highest BCUT2D eigenvalue weighted by Gasteiger charge is 2.43. The van der Waals surface area contributed by atoms with Gasteiger partial charge in [0, 0.05) is 16.8 Å². The van der Waals surface area contributed by atoms with Gasteiger partial charge in [-0.2, -0.15) is 0 Å². The van der Waals surface area contributed by atoms with Gasteiger partial charge < -0.3 is 18.6 Å². The van der Waals surface area contributed by atoms with E-state index in [0.29, 0.717) is 5.69 Å². The fourth-order valence-corrected chi connectivity index (χ4v) is 3.63. The molecule has 2 nitrogen and oxygen atoms in total. The maximum Gasteiger partial charge on any atom is 0.475 e. The molecule has 1 aromatic rings. The van der Waals surface area contributed by atoms with Crippen LogP contribution < -0.4 is 10.4 Å². The number of benzene rings is 1. The lowest BCUT2D eigenvalue weighted by Gasteiger charge is -2.55. The van der Waals surface area contributed by atoms with Crippen molar-refractivity contribution in [3.8, 4) is 0 Å². The molecule has 0 unspecified atom stereocenters. The molecule has 0 amide bonds. The summed E-state index contributed by atoms with van der Waals surface area (Å²) in [5.74, 6) is 0. The summed E-state index contributed by atoms with van der Waals surface area (Å²) in [7, 11) is 0. The summed E-state index contributed by atoms with van der Waals surface area (Å²) in [5.41, 5.74) is -0.219. The van der Waals surface area contributed by atoms with Crippen LogP contribution in [0.3, 0.4) is 0 Å². The molecule has 20 heavy (non-hydrogen) atoms. The van der Waals surface area contributed by atoms with Crippen molar-refractivity contribution in [2.75, 3.05) is 4.90 Å². The molecule has 1 aliphatic heterocycles. The average Bonchev–Trinajstić information content (AvgIpc) is 2.25. The summed E-state index contributed by atoms with van der Waals surface area (Å²) in [6.45, 7) is 3.81. The average molecular weight is 282 g/mol. The van der Waals surface area contributed by atoms with Crippen LogP contribution in [0.15, 0.2) is 24.3 Å². The largest absolute Gasteiger partial charge is 0.549 e. The lowest BCUT2D eigenvalue weighted by Crippen LogP contribution is -2.61. The van der Waals surface area contributed by atoms with Crippen molar-refractivity contribution >= 4 is 18.1 Å². The molecule has 0 bridgehead atoms. The van der Waals surface area contributed by atoms with Crippen molar-refractivity contribution in [1.29, 1.82) is 0 Å². The standard InChI is InChI=1S/C15H23BF2NO/c1-14(2)10-7-11-15(3,4)19(14)13-9-6-5-8-12(13)16(17,18)20/h5-6,8-9,20H,7,10-11H2,1-4H3/q-1. The first-order valence-corrected chi connectivity index (χ1v) is 7.19. The van der Waals surface area contributed by atoms with Gasteiger partial charge in [-0.1, -0.05) is 23.7 Å². The van der Waals surface area contributed by atoms with Gasteiger partial charge >= 0.3 is 6.90 Å². The molecule has 1 aromatic carbocycles. The smallest absolute Gasteiger partial charge is 0.475 e. The van der Waals surface area contributed by atoms with Crippen LogP contribution in [0, 0.1) is 0 Å². The Balaban J connectivity index is 2.59. The van der Waals surface area contributed by atoms with Crippen LogP contribution in [-0.2, 0) is 0 Å². The van der Waals surface area contributed by atoms with E-state index < -0.39 is 6.90 Å². The van der Waals surface area contributed by atoms with E-state index in [0.717, 1.165) is 19.3 Å². The monoisotopic (exact) mass is 282 g/mol. The number of hydrogen-bond acceptors (Lipinski definition) is 2. The second-order valence-electron chi connectivity index (χ2n) is 7.00. The lowest BCUT2D eigenvalue weighted by molar-refractivity contribution is 0.244. The molecule has 0 radical (unpaired) electrons. The Hall–Kier alpha value is -1.10. The van der Waals surface area contributed by atoms with Crippen molar-refractivity contribution < 1.29 is 13.7 Å². The molecule has 2 rings (SSSR count). The number of nitrogens with zero attached hydrogens (tertiary/aromatic N) is 1. The quantitative estimate of drug-likeness (QED) is 0.841. The third-order valence-corrected chi connectivity index (χ3v) is 4.34. The Labute approximate surface area is 119 Å². The SMILES string of the molecule is CC1(C)CCCC(C)(C)N1c1ccccc1[B-](O)(F)F. The second kappa shape index (κ2) is 4.73. The van der Waals surface area contributed by atoms with Gasteiger partial charge in [0.1, 0.15) is 0 Å². The molecule has 5 heteroatoms. The first-order chi connectivity index (χ1) is 9.06. The number of halogens is 2. The maximum absolute atomic E-state index is 13.6. The van der Waals surface area contributed by atoms with E-state index >= 15 is 0 Å². The molecule has 112 valence electrons. The van der Waals surface area contributed by atoms with Gasteiger partial charge in [-0.15, -0.1) is 0 Å². The molecule has 0 saturated carbocycles. The number of para-hydroxylation sites is 1. The molecular weight excluding hydrogens is 259 g/mol. The fraction of sp³-hybridized carbons (Fsp3) is 0.600. The zero-order chi connectivity index (χ0) is 15.2. The highest BCUT2D eigenvalue weighted by Crippen LogP contribution is 2.41. The molecule has 1 saturated heterocycles. The number of hydrogen-bond donors (Lipinski definition) is 1. The fourth-order valence-electron chi connectivity index (χ4n) is 3.63. The van der Waals surface area contributed by atoms with Crippen molar-refractivity contribution in [3.05, 3.63) is 24.3 Å². The van der Waals surface area contributed by atoms with E-state index in [1.165, 1.54) is 6.07 Å². The number of anilines is 1. The van der Waals surface area contributed by atoms with Crippen LogP contribution in [0.5, 0.6) is 0 Å². The minimum atomic E-state index is -4.50. The predicted octanol–water partition coefficient (Wildman–Crippen LogP) is 3.31. The van der Waals surface area contributed by atoms with Gasteiger partial charge in [0.25, 0.3) is 0 Å². The molecule has 1 N–H and O–H groups in total. The summed E-state index contributed by atoms with van der Waals surface area (Å²) in [5, 5.41) is 9.24. The number of piperidine rings is 1. The number of rotatable bonds is 2. The summed E-state index contributed by atoms with van der Waals surface area (Å²) in [6, 6.07) is 6.32. The molecule has 1 fully saturated rings. The summed E-state index contributed by atoms with van der Waals surface area (Å²) in [6.07, 6.45) is 2.99. The molecular formula is C15H23BF2NO-. The molecule has 0 aromatic heterocycles. The highest BCUT2D eigenvalue weighted by atomic mass is 19.2. The Morgan fingerprint density at radius 2 is 1.55 bits per heavy atom. The van der Waals surface area contributed by atoms with E-state index in [4.69, 9.17) is 0 Å². The zero-order valence-corrected chi connectivity index (χ0v) is 12.7. The van der Waals surface area contributed by atoms with Crippen LogP contribution in [0.1, 0.15) is 47.0 Å². The van der Waals surface area contributed by atoms with Crippen LogP contribution in [0.4, 0.5) is 14.3 Å². The molecule has 0 atom stereocenters. The van der Waals surface area contributed by atoms with E-state index in [1.54, 1.807) is 18.2 Å². The van der Waals surface area contributed by atoms with Gasteiger partial charge in [-0.3, -0.25) is 0 Å². The van der Waals surface area contributed by atoms with Crippen LogP contribution >= 0.6 is 0 Å². The van der Waals surface area contributed by atoms with E-state index in [9.17, 15) is 13.7 Å². The van der Waals surface area contributed by atoms with Gasteiger partial charge in [-0.25, -0.2) is 0 Å². The minimum Gasteiger partial charge on any atom is -0.549 e. The Morgan fingerprint density at radius 1 is 1.05 bits per heavy atom. The normalized spacial score (nSPS) is 21.9. The zero-order valence-electron chi connectivity index (χ0n) is 12.7. The Bertz CT molecular complexity index is 481. The third kappa shape index (κ3) is 2.69. The van der Waals surface area contributed by atoms with Gasteiger partial charge in [0.2, 0.25) is 0 Å². The maximum atomic E-state index is 13.6. The first kappa shape index (κ1) is 15.3. The summed E-state index contributed by atoms with van der Waals surface area (Å²) in [4.78, 5) is 2.06. The van der Waals surface area contributed by atoms with E-state index in [2.05, 4.69) is 32.6 Å². The lowest BCUT2D eigenvalue weighted by atomic mass is 9.72. The minimum absolute atomic E-state index is 0.209. The first-order valence-electron chi connectivity index (χ1n) is 7.19. The molecule has 1 heterocycles.